The molecule has 0 saturated heterocycles. The van der Waals surface area contributed by atoms with Crippen LogP contribution in [-0.2, 0) is 10.0 Å². The zero-order valence-electron chi connectivity index (χ0n) is 11.2. The summed E-state index contributed by atoms with van der Waals surface area (Å²) in [5.41, 5.74) is -0.506. The Bertz CT molecular complexity index is 581. The van der Waals surface area contributed by atoms with Gasteiger partial charge in [0.2, 0.25) is 10.0 Å². The fraction of sp³-hybridized carbons (Fsp3) is 0.583. The lowest BCUT2D eigenvalue weighted by Gasteiger charge is -2.15. The number of nitrogens with one attached hydrogen (secondary N) is 2. The van der Waals surface area contributed by atoms with Gasteiger partial charge in [-0.15, -0.1) is 0 Å². The lowest BCUT2D eigenvalue weighted by Crippen LogP contribution is -2.33. The highest BCUT2D eigenvalue weighted by Gasteiger charge is 2.18. The van der Waals surface area contributed by atoms with Gasteiger partial charge in [0.25, 0.3) is 5.56 Å². The number of aromatic amines is 1. The van der Waals surface area contributed by atoms with E-state index in [0.717, 1.165) is 25.1 Å². The largest absolute Gasteiger partial charge is 0.326 e. The minimum absolute atomic E-state index is 0.0338. The highest BCUT2D eigenvalue weighted by Crippen LogP contribution is 2.13. The Balaban J connectivity index is 2.80. The van der Waals surface area contributed by atoms with E-state index >= 15 is 0 Å². The topological polar surface area (TPSA) is 79.0 Å². The molecule has 0 aliphatic carbocycles. The Labute approximate surface area is 118 Å². The summed E-state index contributed by atoms with van der Waals surface area (Å²) in [5.74, 6) is 0.523. The molecule has 0 radical (unpaired) electrons. The summed E-state index contributed by atoms with van der Waals surface area (Å²) in [5, 5.41) is -0.141. The summed E-state index contributed by atoms with van der Waals surface area (Å²) < 4.78 is 26.7. The molecule has 1 unspecified atom stereocenters. The molecule has 0 aliphatic heterocycles. The van der Waals surface area contributed by atoms with E-state index in [2.05, 4.69) is 23.6 Å². The SMILES string of the molecule is CC(C)CCC(C)NS(=O)(=O)c1c[nH]c(=O)c(Cl)c1. The van der Waals surface area contributed by atoms with E-state index in [1.807, 2.05) is 6.92 Å². The van der Waals surface area contributed by atoms with E-state index in [1.165, 1.54) is 0 Å². The van der Waals surface area contributed by atoms with E-state index in [9.17, 15) is 13.2 Å². The van der Waals surface area contributed by atoms with Gasteiger partial charge in [-0.3, -0.25) is 4.79 Å². The van der Waals surface area contributed by atoms with Gasteiger partial charge in [-0.05, 0) is 31.7 Å². The predicted octanol–water partition coefficient (Wildman–Crippen LogP) is 2.13. The number of halogens is 1. The van der Waals surface area contributed by atoms with Gasteiger partial charge in [0, 0.05) is 12.2 Å². The molecule has 1 heterocycles. The van der Waals surface area contributed by atoms with Crippen molar-refractivity contribution in [2.24, 2.45) is 5.92 Å². The van der Waals surface area contributed by atoms with Gasteiger partial charge < -0.3 is 4.98 Å². The van der Waals surface area contributed by atoms with Crippen LogP contribution in [0.5, 0.6) is 0 Å². The van der Waals surface area contributed by atoms with Crippen molar-refractivity contribution >= 4 is 21.6 Å². The highest BCUT2D eigenvalue weighted by molar-refractivity contribution is 7.89. The normalized spacial score (nSPS) is 13.7. The summed E-state index contributed by atoms with van der Waals surface area (Å²) in [7, 11) is -3.65. The first-order chi connectivity index (χ1) is 8.72. The number of hydrogen-bond acceptors (Lipinski definition) is 3. The third kappa shape index (κ3) is 4.97. The molecule has 108 valence electrons. The molecule has 0 bridgehead atoms. The third-order valence-corrected chi connectivity index (χ3v) is 4.52. The van der Waals surface area contributed by atoms with Crippen molar-refractivity contribution in [3.8, 4) is 0 Å². The minimum Gasteiger partial charge on any atom is -0.326 e. The molecule has 0 amide bonds. The summed E-state index contributed by atoms with van der Waals surface area (Å²) in [6.45, 7) is 5.99. The Kier molecular flexibility index (Phi) is 5.58. The molecule has 19 heavy (non-hydrogen) atoms. The number of pyridine rings is 1. The molecule has 1 rings (SSSR count). The van der Waals surface area contributed by atoms with Gasteiger partial charge in [0.1, 0.15) is 5.02 Å². The van der Waals surface area contributed by atoms with Crippen LogP contribution in [0.3, 0.4) is 0 Å². The highest BCUT2D eigenvalue weighted by atomic mass is 35.5. The van der Waals surface area contributed by atoms with Crippen LogP contribution in [0.15, 0.2) is 22.0 Å². The van der Waals surface area contributed by atoms with Crippen LogP contribution >= 0.6 is 11.6 Å². The first-order valence-corrected chi connectivity index (χ1v) is 7.99. The molecule has 2 N–H and O–H groups in total. The van der Waals surface area contributed by atoms with Gasteiger partial charge in [0.15, 0.2) is 0 Å². The first kappa shape index (κ1) is 16.2. The second kappa shape index (κ2) is 6.54. The van der Waals surface area contributed by atoms with E-state index in [4.69, 9.17) is 11.6 Å². The van der Waals surface area contributed by atoms with E-state index in [0.29, 0.717) is 5.92 Å². The van der Waals surface area contributed by atoms with Crippen molar-refractivity contribution in [3.63, 3.8) is 0 Å². The Morgan fingerprint density at radius 3 is 2.47 bits per heavy atom. The number of hydrogen-bond donors (Lipinski definition) is 2. The maximum Gasteiger partial charge on any atom is 0.266 e. The predicted molar refractivity (Wildman–Crippen MR) is 75.9 cm³/mol. The van der Waals surface area contributed by atoms with Crippen LogP contribution in [0, 0.1) is 5.92 Å². The molecule has 5 nitrogen and oxygen atoms in total. The molecule has 0 aromatic carbocycles. The molecule has 1 aromatic rings. The average molecular weight is 307 g/mol. The Morgan fingerprint density at radius 2 is 1.95 bits per heavy atom. The van der Waals surface area contributed by atoms with Crippen LogP contribution in [0.4, 0.5) is 0 Å². The number of rotatable bonds is 6. The van der Waals surface area contributed by atoms with Crippen LogP contribution in [0.2, 0.25) is 5.02 Å². The molecular weight excluding hydrogens is 288 g/mol. The van der Waals surface area contributed by atoms with Crippen LogP contribution in [0.1, 0.15) is 33.6 Å². The summed E-state index contributed by atoms with van der Waals surface area (Å²) >= 11 is 5.62. The van der Waals surface area contributed by atoms with Gasteiger partial charge in [0.05, 0.1) is 4.90 Å². The average Bonchev–Trinajstić information content (AvgIpc) is 2.29. The fourth-order valence-corrected chi connectivity index (χ4v) is 3.08. The van der Waals surface area contributed by atoms with E-state index in [1.54, 1.807) is 0 Å². The maximum atomic E-state index is 12.1. The molecule has 0 spiro atoms. The number of aromatic nitrogens is 1. The zero-order valence-corrected chi connectivity index (χ0v) is 12.8. The molecular formula is C12H19ClN2O3S. The first-order valence-electron chi connectivity index (χ1n) is 6.13. The molecule has 0 saturated carbocycles. The third-order valence-electron chi connectivity index (χ3n) is 2.68. The van der Waals surface area contributed by atoms with Gasteiger partial charge in [-0.25, -0.2) is 13.1 Å². The molecule has 0 fully saturated rings. The quantitative estimate of drug-likeness (QED) is 0.845. The van der Waals surface area contributed by atoms with Crippen molar-refractivity contribution in [1.29, 1.82) is 0 Å². The summed E-state index contributed by atoms with van der Waals surface area (Å²) in [6.07, 6.45) is 2.84. The second-order valence-electron chi connectivity index (χ2n) is 5.01. The fourth-order valence-electron chi connectivity index (χ4n) is 1.57. The van der Waals surface area contributed by atoms with Crippen molar-refractivity contribution in [3.05, 3.63) is 27.6 Å². The van der Waals surface area contributed by atoms with Gasteiger partial charge in [-0.1, -0.05) is 25.4 Å². The summed E-state index contributed by atoms with van der Waals surface area (Å²) in [4.78, 5) is 13.4. The van der Waals surface area contributed by atoms with Crippen LogP contribution < -0.4 is 10.3 Å². The number of sulfonamides is 1. The lowest BCUT2D eigenvalue weighted by molar-refractivity contribution is 0.485. The molecule has 0 aliphatic rings. The smallest absolute Gasteiger partial charge is 0.266 e. The molecule has 1 aromatic heterocycles. The van der Waals surface area contributed by atoms with Crippen molar-refractivity contribution in [2.75, 3.05) is 0 Å². The van der Waals surface area contributed by atoms with Gasteiger partial charge in [-0.2, -0.15) is 0 Å². The zero-order chi connectivity index (χ0) is 14.6. The van der Waals surface area contributed by atoms with Crippen LogP contribution in [-0.4, -0.2) is 19.4 Å². The summed E-state index contributed by atoms with van der Waals surface area (Å²) in [6, 6.07) is 0.982. The molecule has 1 atom stereocenters. The maximum absolute atomic E-state index is 12.1. The van der Waals surface area contributed by atoms with Crippen molar-refractivity contribution < 1.29 is 8.42 Å². The monoisotopic (exact) mass is 306 g/mol. The Morgan fingerprint density at radius 1 is 1.32 bits per heavy atom. The van der Waals surface area contributed by atoms with Crippen LogP contribution in [0.25, 0.3) is 0 Å². The van der Waals surface area contributed by atoms with Crippen molar-refractivity contribution in [2.45, 2.75) is 44.6 Å². The minimum atomic E-state index is -3.65. The number of H-pyrrole nitrogens is 1. The van der Waals surface area contributed by atoms with E-state index in [-0.39, 0.29) is 16.0 Å². The van der Waals surface area contributed by atoms with Gasteiger partial charge >= 0.3 is 0 Å². The second-order valence-corrected chi connectivity index (χ2v) is 7.13. The van der Waals surface area contributed by atoms with Crippen molar-refractivity contribution in [1.82, 2.24) is 9.71 Å². The van der Waals surface area contributed by atoms with E-state index < -0.39 is 15.6 Å². The molecule has 7 heteroatoms. The Hall–Kier alpha value is -0.850. The lowest BCUT2D eigenvalue weighted by atomic mass is 10.1. The standard InChI is InChI=1S/C12H19ClN2O3S/c1-8(2)4-5-9(3)15-19(17,18)10-6-11(13)12(16)14-7-10/h6-9,15H,4-5H2,1-3H3,(H,14,16).